The van der Waals surface area contributed by atoms with Crippen LogP contribution in [0.25, 0.3) is 0 Å². The molecule has 4 aliphatic carbocycles. The first-order valence-corrected chi connectivity index (χ1v) is 10.1. The van der Waals surface area contributed by atoms with Crippen LogP contribution in [-0.4, -0.2) is 12.6 Å². The van der Waals surface area contributed by atoms with E-state index in [1.807, 2.05) is 0 Å². The maximum absolute atomic E-state index is 11.4. The number of ether oxygens (including phenoxy) is 1. The van der Waals surface area contributed by atoms with Gasteiger partial charge in [0.25, 0.3) is 0 Å². The molecule has 0 amide bonds. The smallest absolute Gasteiger partial charge is 0.302 e. The SMILES string of the molecule is CC(=O)OC[C@]1(C)CCCC2(C)C1CCC1C=C(C)[C@H]3CCC12C3. The van der Waals surface area contributed by atoms with Crippen molar-refractivity contribution in [1.82, 2.24) is 0 Å². The molecule has 4 rings (SSSR count). The highest BCUT2D eigenvalue weighted by molar-refractivity contribution is 5.65. The molecule has 1 spiro atoms. The van der Waals surface area contributed by atoms with Gasteiger partial charge in [-0.1, -0.05) is 31.9 Å². The van der Waals surface area contributed by atoms with E-state index in [-0.39, 0.29) is 11.4 Å². The second-order valence-corrected chi connectivity index (χ2v) is 9.95. The van der Waals surface area contributed by atoms with Crippen molar-refractivity contribution in [3.05, 3.63) is 11.6 Å². The van der Waals surface area contributed by atoms with Gasteiger partial charge in [0.1, 0.15) is 0 Å². The van der Waals surface area contributed by atoms with Crippen LogP contribution in [0.5, 0.6) is 0 Å². The molecule has 0 aromatic rings. The second kappa shape index (κ2) is 5.35. The van der Waals surface area contributed by atoms with Crippen molar-refractivity contribution in [3.8, 4) is 0 Å². The Morgan fingerprint density at radius 2 is 2.00 bits per heavy atom. The summed E-state index contributed by atoms with van der Waals surface area (Å²) in [7, 11) is 0. The Kier molecular flexibility index (Phi) is 3.72. The number of carbonyl (C=O) groups is 1. The van der Waals surface area contributed by atoms with E-state index in [0.29, 0.717) is 23.4 Å². The first kappa shape index (κ1) is 16.7. The highest BCUT2D eigenvalue weighted by atomic mass is 16.5. The van der Waals surface area contributed by atoms with Crippen LogP contribution in [0.4, 0.5) is 0 Å². The number of hydrogen-bond acceptors (Lipinski definition) is 2. The van der Waals surface area contributed by atoms with E-state index in [4.69, 9.17) is 4.74 Å². The quantitative estimate of drug-likeness (QED) is 0.492. The molecule has 6 atom stereocenters. The van der Waals surface area contributed by atoms with Gasteiger partial charge in [-0.2, -0.15) is 0 Å². The number of carbonyl (C=O) groups excluding carboxylic acids is 1. The van der Waals surface area contributed by atoms with Crippen LogP contribution in [-0.2, 0) is 9.53 Å². The van der Waals surface area contributed by atoms with Gasteiger partial charge in [0, 0.05) is 12.3 Å². The minimum absolute atomic E-state index is 0.118. The summed E-state index contributed by atoms with van der Waals surface area (Å²) in [4.78, 5) is 11.4. The minimum Gasteiger partial charge on any atom is -0.465 e. The number of hydrogen-bond donors (Lipinski definition) is 0. The molecule has 134 valence electrons. The van der Waals surface area contributed by atoms with Gasteiger partial charge in [-0.3, -0.25) is 4.79 Å². The van der Waals surface area contributed by atoms with Gasteiger partial charge in [0.2, 0.25) is 0 Å². The zero-order valence-electron chi connectivity index (χ0n) is 16.0. The highest BCUT2D eigenvalue weighted by Crippen LogP contribution is 2.73. The molecule has 2 nitrogen and oxygen atoms in total. The van der Waals surface area contributed by atoms with E-state index < -0.39 is 0 Å². The third-order valence-corrected chi connectivity index (χ3v) is 8.93. The lowest BCUT2D eigenvalue weighted by atomic mass is 9.39. The van der Waals surface area contributed by atoms with E-state index >= 15 is 0 Å². The van der Waals surface area contributed by atoms with Crippen LogP contribution in [0.15, 0.2) is 11.6 Å². The Morgan fingerprint density at radius 1 is 1.21 bits per heavy atom. The summed E-state index contributed by atoms with van der Waals surface area (Å²) in [5.41, 5.74) is 2.80. The molecule has 0 N–H and O–H groups in total. The van der Waals surface area contributed by atoms with Gasteiger partial charge in [-0.05, 0) is 80.5 Å². The lowest BCUT2D eigenvalue weighted by Gasteiger charge is -2.65. The average Bonchev–Trinajstić information content (AvgIpc) is 2.91. The first-order valence-electron chi connectivity index (χ1n) is 10.1. The predicted molar refractivity (Wildman–Crippen MR) is 96.4 cm³/mol. The maximum atomic E-state index is 11.4. The van der Waals surface area contributed by atoms with Crippen LogP contribution in [0, 0.1) is 34.0 Å². The van der Waals surface area contributed by atoms with Gasteiger partial charge in [0.05, 0.1) is 6.61 Å². The van der Waals surface area contributed by atoms with Gasteiger partial charge in [0.15, 0.2) is 0 Å². The monoisotopic (exact) mass is 330 g/mol. The fraction of sp³-hybridized carbons (Fsp3) is 0.864. The molecule has 0 radical (unpaired) electrons. The molecule has 24 heavy (non-hydrogen) atoms. The molecule has 3 saturated carbocycles. The van der Waals surface area contributed by atoms with Crippen LogP contribution in [0.2, 0.25) is 0 Å². The second-order valence-electron chi connectivity index (χ2n) is 9.95. The molecule has 3 fully saturated rings. The largest absolute Gasteiger partial charge is 0.465 e. The van der Waals surface area contributed by atoms with Crippen molar-refractivity contribution in [3.63, 3.8) is 0 Å². The third-order valence-electron chi connectivity index (χ3n) is 8.93. The van der Waals surface area contributed by atoms with Gasteiger partial charge < -0.3 is 4.74 Å². The lowest BCUT2D eigenvalue weighted by molar-refractivity contribution is -0.176. The zero-order valence-corrected chi connectivity index (χ0v) is 16.0. The van der Waals surface area contributed by atoms with Crippen molar-refractivity contribution in [1.29, 1.82) is 0 Å². The Labute approximate surface area is 147 Å². The van der Waals surface area contributed by atoms with Crippen LogP contribution >= 0.6 is 0 Å². The zero-order chi connectivity index (χ0) is 17.2. The average molecular weight is 331 g/mol. The fourth-order valence-electron chi connectivity index (χ4n) is 7.74. The standard InChI is InChI=1S/C22H34O2/c1-15-12-18-6-7-19-20(3,14-24-16(2)23)9-5-10-21(19,4)22(18)11-8-17(15)13-22/h12,17-19H,5-11,13-14H2,1-4H3/t17-,18?,19?,20-,21?,22?/m0/s1. The Bertz CT molecular complexity index is 579. The van der Waals surface area contributed by atoms with E-state index in [9.17, 15) is 4.79 Å². The molecule has 0 aromatic carbocycles. The Hall–Kier alpha value is -0.790. The summed E-state index contributed by atoms with van der Waals surface area (Å²) >= 11 is 0. The van der Waals surface area contributed by atoms with Crippen LogP contribution in [0.3, 0.4) is 0 Å². The van der Waals surface area contributed by atoms with Gasteiger partial charge >= 0.3 is 5.97 Å². The van der Waals surface area contributed by atoms with Crippen molar-refractivity contribution >= 4 is 5.97 Å². The van der Waals surface area contributed by atoms with Crippen molar-refractivity contribution in [2.75, 3.05) is 6.61 Å². The van der Waals surface area contributed by atoms with Gasteiger partial charge in [-0.15, -0.1) is 0 Å². The van der Waals surface area contributed by atoms with Crippen molar-refractivity contribution in [2.24, 2.45) is 34.0 Å². The number of fused-ring (bicyclic) bond motifs is 2. The maximum Gasteiger partial charge on any atom is 0.302 e. The highest BCUT2D eigenvalue weighted by Gasteiger charge is 2.65. The third kappa shape index (κ3) is 2.10. The molecule has 4 aliphatic rings. The molecular weight excluding hydrogens is 296 g/mol. The lowest BCUT2D eigenvalue weighted by Crippen LogP contribution is -2.59. The first-order chi connectivity index (χ1) is 11.3. The summed E-state index contributed by atoms with van der Waals surface area (Å²) in [5.74, 6) is 2.24. The fourth-order valence-corrected chi connectivity index (χ4v) is 7.74. The molecule has 4 unspecified atom stereocenters. The van der Waals surface area contributed by atoms with Crippen LogP contribution < -0.4 is 0 Å². The van der Waals surface area contributed by atoms with E-state index in [1.165, 1.54) is 51.4 Å². The Morgan fingerprint density at radius 3 is 2.75 bits per heavy atom. The molecule has 0 saturated heterocycles. The summed E-state index contributed by atoms with van der Waals surface area (Å²) < 4.78 is 5.56. The van der Waals surface area contributed by atoms with E-state index in [2.05, 4.69) is 26.8 Å². The Balaban J connectivity index is 1.70. The summed E-state index contributed by atoms with van der Waals surface area (Å²) in [6, 6.07) is 0. The number of esters is 1. The molecule has 0 aliphatic heterocycles. The van der Waals surface area contributed by atoms with Crippen molar-refractivity contribution in [2.45, 2.75) is 79.1 Å². The molecule has 0 heterocycles. The van der Waals surface area contributed by atoms with Crippen molar-refractivity contribution < 1.29 is 9.53 Å². The summed E-state index contributed by atoms with van der Waals surface area (Å²) in [6.45, 7) is 9.58. The normalized spacial score (nSPS) is 49.8. The molecular formula is C22H34O2. The molecule has 2 heteroatoms. The minimum atomic E-state index is -0.118. The van der Waals surface area contributed by atoms with Gasteiger partial charge in [-0.25, -0.2) is 0 Å². The topological polar surface area (TPSA) is 26.3 Å². The predicted octanol–water partition coefficient (Wildman–Crippen LogP) is 5.52. The van der Waals surface area contributed by atoms with E-state index in [1.54, 1.807) is 12.5 Å². The number of rotatable bonds is 2. The van der Waals surface area contributed by atoms with Crippen LogP contribution in [0.1, 0.15) is 79.1 Å². The summed E-state index contributed by atoms with van der Waals surface area (Å²) in [6.07, 6.45) is 13.5. The summed E-state index contributed by atoms with van der Waals surface area (Å²) in [5, 5.41) is 0. The molecule has 0 aromatic heterocycles. The molecule has 2 bridgehead atoms. The van der Waals surface area contributed by atoms with E-state index in [0.717, 1.165) is 11.8 Å². The number of allylic oxidation sites excluding steroid dienone is 2.